The molecule has 0 spiro atoms. The Bertz CT molecular complexity index is 1330. The molecule has 3 aromatic carbocycles. The molecule has 0 saturated heterocycles. The number of ether oxygens (including phenoxy) is 2. The molecule has 4 aromatic rings. The first-order valence-electron chi connectivity index (χ1n) is 11.3. The Morgan fingerprint density at radius 3 is 2.50 bits per heavy atom. The third-order valence-electron chi connectivity index (χ3n) is 5.73. The number of nitrogens with zero attached hydrogens (tertiary/aromatic N) is 3. The molecule has 1 heterocycles. The fraction of sp³-hybridized carbons (Fsp3) is 0.222. The lowest BCUT2D eigenvalue weighted by atomic mass is 10.0. The number of aromatic nitrogens is 3. The number of hydrogen-bond acceptors (Lipinski definition) is 6. The highest BCUT2D eigenvalue weighted by Gasteiger charge is 2.25. The minimum Gasteiger partial charge on any atom is -0.497 e. The topological polar surface area (TPSA) is 78.3 Å². The van der Waals surface area contributed by atoms with E-state index >= 15 is 0 Å². The molecular formula is C27H27FN4O3S. The number of carbonyl (C=O) groups excluding carboxylic acids is 1. The van der Waals surface area contributed by atoms with Gasteiger partial charge in [0.1, 0.15) is 17.3 Å². The van der Waals surface area contributed by atoms with Crippen LogP contribution in [-0.2, 0) is 19.2 Å². The molecule has 1 atom stereocenters. The molecule has 0 aliphatic rings. The molecule has 186 valence electrons. The van der Waals surface area contributed by atoms with Gasteiger partial charge in [0.15, 0.2) is 11.0 Å². The zero-order chi connectivity index (χ0) is 25.5. The van der Waals surface area contributed by atoms with Crippen molar-refractivity contribution in [2.24, 2.45) is 7.05 Å². The maximum absolute atomic E-state index is 14.1. The van der Waals surface area contributed by atoms with Crippen molar-refractivity contribution >= 4 is 17.7 Å². The molecule has 1 amide bonds. The molecule has 7 nitrogen and oxygen atoms in total. The Labute approximate surface area is 213 Å². The van der Waals surface area contributed by atoms with Crippen LogP contribution in [0.15, 0.2) is 78.0 Å². The Kier molecular flexibility index (Phi) is 8.22. The van der Waals surface area contributed by atoms with Crippen molar-refractivity contribution < 1.29 is 18.7 Å². The number of rotatable bonds is 10. The van der Waals surface area contributed by atoms with Crippen LogP contribution in [0.25, 0.3) is 0 Å². The first-order chi connectivity index (χ1) is 17.5. The summed E-state index contributed by atoms with van der Waals surface area (Å²) >= 11 is 1.39. The van der Waals surface area contributed by atoms with E-state index in [9.17, 15) is 9.18 Å². The van der Waals surface area contributed by atoms with Gasteiger partial charge in [-0.15, -0.1) is 10.2 Å². The van der Waals surface area contributed by atoms with E-state index in [1.807, 2.05) is 41.9 Å². The van der Waals surface area contributed by atoms with E-state index in [1.54, 1.807) is 43.5 Å². The van der Waals surface area contributed by atoms with Crippen molar-refractivity contribution in [2.45, 2.75) is 23.4 Å². The van der Waals surface area contributed by atoms with Crippen LogP contribution in [0.3, 0.4) is 0 Å². The minimum atomic E-state index is -0.476. The second kappa shape index (κ2) is 11.7. The fourth-order valence-electron chi connectivity index (χ4n) is 3.80. The standard InChI is InChI=1S/C27H27FN4O3S/c1-32-25(30-31-27(32)36-17-19-11-7-8-12-22(19)28)23(15-18-9-5-4-6-10-18)29-26(33)21-16-20(34-2)13-14-24(21)35-3/h4-14,16,23H,15,17H2,1-3H3,(H,29,33)/t23-/m1/s1. The van der Waals surface area contributed by atoms with Crippen LogP contribution >= 0.6 is 11.8 Å². The summed E-state index contributed by atoms with van der Waals surface area (Å²) in [7, 11) is 4.90. The number of nitrogens with one attached hydrogen (secondary N) is 1. The van der Waals surface area contributed by atoms with Gasteiger partial charge in [-0.3, -0.25) is 4.79 Å². The van der Waals surface area contributed by atoms with Crippen LogP contribution in [0.4, 0.5) is 4.39 Å². The summed E-state index contributed by atoms with van der Waals surface area (Å²) in [4.78, 5) is 13.4. The van der Waals surface area contributed by atoms with Crippen molar-refractivity contribution in [1.29, 1.82) is 0 Å². The number of carbonyl (C=O) groups is 1. The van der Waals surface area contributed by atoms with Crippen LogP contribution in [-0.4, -0.2) is 34.9 Å². The number of thioether (sulfide) groups is 1. The third-order valence-corrected chi connectivity index (χ3v) is 6.80. The van der Waals surface area contributed by atoms with Gasteiger partial charge >= 0.3 is 0 Å². The first kappa shape index (κ1) is 25.2. The molecule has 0 unspecified atom stereocenters. The number of amides is 1. The lowest BCUT2D eigenvalue weighted by molar-refractivity contribution is 0.0930. The molecule has 1 aromatic heterocycles. The quantitative estimate of drug-likeness (QED) is 0.306. The van der Waals surface area contributed by atoms with Crippen LogP contribution < -0.4 is 14.8 Å². The fourth-order valence-corrected chi connectivity index (χ4v) is 4.70. The lowest BCUT2D eigenvalue weighted by Gasteiger charge is -2.19. The van der Waals surface area contributed by atoms with Gasteiger partial charge in [0.25, 0.3) is 5.91 Å². The summed E-state index contributed by atoms with van der Waals surface area (Å²) in [6.45, 7) is 0. The Hall–Kier alpha value is -3.85. The van der Waals surface area contributed by atoms with Gasteiger partial charge in [-0.1, -0.05) is 60.3 Å². The summed E-state index contributed by atoms with van der Waals surface area (Å²) in [6.07, 6.45) is 0.503. The van der Waals surface area contributed by atoms with Gasteiger partial charge in [-0.05, 0) is 41.8 Å². The van der Waals surface area contributed by atoms with E-state index in [-0.39, 0.29) is 11.7 Å². The molecule has 0 radical (unpaired) electrons. The molecule has 0 aliphatic carbocycles. The van der Waals surface area contributed by atoms with Crippen LogP contribution in [0.1, 0.15) is 33.4 Å². The largest absolute Gasteiger partial charge is 0.497 e. The van der Waals surface area contributed by atoms with Crippen molar-refractivity contribution in [1.82, 2.24) is 20.1 Å². The summed E-state index contributed by atoms with van der Waals surface area (Å²) in [5.41, 5.74) is 1.97. The summed E-state index contributed by atoms with van der Waals surface area (Å²) < 4.78 is 26.6. The summed E-state index contributed by atoms with van der Waals surface area (Å²) in [5, 5.41) is 12.4. The molecule has 4 rings (SSSR count). The predicted octanol–water partition coefficient (Wildman–Crippen LogP) is 4.98. The Morgan fingerprint density at radius 2 is 1.78 bits per heavy atom. The molecule has 9 heteroatoms. The molecular weight excluding hydrogens is 479 g/mol. The maximum Gasteiger partial charge on any atom is 0.255 e. The highest BCUT2D eigenvalue weighted by Crippen LogP contribution is 2.28. The predicted molar refractivity (Wildman–Crippen MR) is 137 cm³/mol. The molecule has 0 saturated carbocycles. The van der Waals surface area contributed by atoms with E-state index in [0.29, 0.717) is 45.8 Å². The van der Waals surface area contributed by atoms with Gasteiger partial charge in [-0.25, -0.2) is 4.39 Å². The van der Waals surface area contributed by atoms with Gasteiger partial charge in [0.2, 0.25) is 0 Å². The van der Waals surface area contributed by atoms with Crippen LogP contribution in [0, 0.1) is 5.82 Å². The third kappa shape index (κ3) is 5.85. The van der Waals surface area contributed by atoms with Gasteiger partial charge in [0, 0.05) is 12.8 Å². The molecule has 0 fully saturated rings. The second-order valence-corrected chi connectivity index (χ2v) is 9.00. The molecule has 0 aliphatic heterocycles. The van der Waals surface area contributed by atoms with Crippen LogP contribution in [0.5, 0.6) is 11.5 Å². The molecule has 0 bridgehead atoms. The Balaban J connectivity index is 1.61. The number of methoxy groups -OCH3 is 2. The smallest absolute Gasteiger partial charge is 0.255 e. The van der Waals surface area contributed by atoms with Crippen molar-refractivity contribution in [2.75, 3.05) is 14.2 Å². The van der Waals surface area contributed by atoms with E-state index in [0.717, 1.165) is 5.56 Å². The van der Waals surface area contributed by atoms with E-state index in [2.05, 4.69) is 15.5 Å². The minimum absolute atomic E-state index is 0.256. The maximum atomic E-state index is 14.1. The average Bonchev–Trinajstić information content (AvgIpc) is 3.27. The average molecular weight is 507 g/mol. The van der Waals surface area contributed by atoms with E-state index < -0.39 is 6.04 Å². The van der Waals surface area contributed by atoms with Gasteiger partial charge < -0.3 is 19.4 Å². The second-order valence-electron chi connectivity index (χ2n) is 8.06. The van der Waals surface area contributed by atoms with Gasteiger partial charge in [-0.2, -0.15) is 0 Å². The highest BCUT2D eigenvalue weighted by atomic mass is 32.2. The zero-order valence-electron chi connectivity index (χ0n) is 20.3. The van der Waals surface area contributed by atoms with Gasteiger partial charge in [0.05, 0.1) is 25.8 Å². The van der Waals surface area contributed by atoms with Crippen LogP contribution in [0.2, 0.25) is 0 Å². The number of hydrogen-bond donors (Lipinski definition) is 1. The molecule has 36 heavy (non-hydrogen) atoms. The summed E-state index contributed by atoms with van der Waals surface area (Å²) in [5.74, 6) is 1.40. The van der Waals surface area contributed by atoms with Crippen molar-refractivity contribution in [3.05, 3.63) is 101 Å². The van der Waals surface area contributed by atoms with E-state index in [4.69, 9.17) is 9.47 Å². The van der Waals surface area contributed by atoms with Crippen molar-refractivity contribution in [3.8, 4) is 11.5 Å². The first-order valence-corrected chi connectivity index (χ1v) is 12.3. The van der Waals surface area contributed by atoms with Crippen molar-refractivity contribution in [3.63, 3.8) is 0 Å². The summed E-state index contributed by atoms with van der Waals surface area (Å²) in [6, 6.07) is 21.1. The lowest BCUT2D eigenvalue weighted by Crippen LogP contribution is -2.32. The SMILES string of the molecule is COc1ccc(OC)c(C(=O)N[C@H](Cc2ccccc2)c2nnc(SCc3ccccc3F)n2C)c1. The highest BCUT2D eigenvalue weighted by molar-refractivity contribution is 7.98. The number of halogens is 1. The molecule has 1 N–H and O–H groups in total. The van der Waals surface area contributed by atoms with E-state index in [1.165, 1.54) is 24.9 Å². The Morgan fingerprint density at radius 1 is 1.03 bits per heavy atom. The normalized spacial score (nSPS) is 11.7. The monoisotopic (exact) mass is 506 g/mol. The number of benzene rings is 3. The zero-order valence-corrected chi connectivity index (χ0v) is 21.1.